The van der Waals surface area contributed by atoms with Gasteiger partial charge in [-0.3, -0.25) is 0 Å². The molecule has 0 rings (SSSR count). The molecule has 0 aromatic heterocycles. The van der Waals surface area contributed by atoms with Crippen LogP contribution in [0, 0.1) is 0 Å². The highest BCUT2D eigenvalue weighted by Gasteiger charge is 1.94. The van der Waals surface area contributed by atoms with Crippen LogP contribution in [0.4, 0.5) is 0 Å². The maximum atomic E-state index is 8.95. The van der Waals surface area contributed by atoms with Crippen LogP contribution >= 0.6 is 0 Å². The van der Waals surface area contributed by atoms with Crippen molar-refractivity contribution in [2.24, 2.45) is 0 Å². The number of hydrogen-bond acceptors (Lipinski definition) is 3. The van der Waals surface area contributed by atoms with E-state index in [9.17, 15) is 0 Å². The lowest BCUT2D eigenvalue weighted by atomic mass is 10.2. The molecule has 0 aliphatic rings. The lowest BCUT2D eigenvalue weighted by Gasteiger charge is -1.99. The van der Waals surface area contributed by atoms with E-state index in [4.69, 9.17) is 15.3 Å². The van der Waals surface area contributed by atoms with Crippen LogP contribution in [0.5, 0.6) is 0 Å². The first-order valence-electron chi connectivity index (χ1n) is 3.37. The van der Waals surface area contributed by atoms with Crippen molar-refractivity contribution in [3.8, 4) is 0 Å². The molecule has 0 fully saturated rings. The minimum Gasteiger partial charge on any atom is -0.396 e. The van der Waals surface area contributed by atoms with E-state index in [2.05, 4.69) is 0 Å². The second kappa shape index (κ2) is 6.74. The van der Waals surface area contributed by atoms with Crippen LogP contribution in [0.25, 0.3) is 0 Å². The predicted molar refractivity (Wildman–Crippen MR) is 38.6 cm³/mol. The smallest absolute Gasteiger partial charge is 0.0742 e. The van der Waals surface area contributed by atoms with Gasteiger partial charge in [-0.05, 0) is 12.8 Å². The molecule has 0 aromatic rings. The van der Waals surface area contributed by atoms with Gasteiger partial charge in [0, 0.05) is 13.2 Å². The Morgan fingerprint density at radius 2 is 1.90 bits per heavy atom. The molecule has 0 aromatic carbocycles. The van der Waals surface area contributed by atoms with Gasteiger partial charge in [-0.2, -0.15) is 0 Å². The Morgan fingerprint density at radius 1 is 1.20 bits per heavy atom. The monoisotopic (exact) mass is 146 g/mol. The highest BCUT2D eigenvalue weighted by atomic mass is 16.3. The van der Waals surface area contributed by atoms with Crippen LogP contribution in [0.15, 0.2) is 12.2 Å². The van der Waals surface area contributed by atoms with Crippen molar-refractivity contribution in [2.45, 2.75) is 18.9 Å². The quantitative estimate of drug-likeness (QED) is 0.465. The van der Waals surface area contributed by atoms with Gasteiger partial charge in [-0.15, -0.1) is 0 Å². The van der Waals surface area contributed by atoms with Gasteiger partial charge in [-0.1, -0.05) is 12.2 Å². The molecule has 3 nitrogen and oxygen atoms in total. The van der Waals surface area contributed by atoms with E-state index in [1.54, 1.807) is 12.2 Å². The first kappa shape index (κ1) is 9.62. The van der Waals surface area contributed by atoms with Crippen molar-refractivity contribution in [1.82, 2.24) is 0 Å². The zero-order valence-corrected chi connectivity index (χ0v) is 5.90. The van der Waals surface area contributed by atoms with E-state index in [0.29, 0.717) is 12.8 Å². The number of aliphatic hydroxyl groups excluding tert-OH is 3. The largest absolute Gasteiger partial charge is 0.396 e. The number of aliphatic hydroxyl groups is 3. The summed E-state index contributed by atoms with van der Waals surface area (Å²) in [4.78, 5) is 0. The summed E-state index contributed by atoms with van der Waals surface area (Å²) >= 11 is 0. The third-order valence-corrected chi connectivity index (χ3v) is 1.08. The van der Waals surface area contributed by atoms with Gasteiger partial charge in [0.25, 0.3) is 0 Å². The van der Waals surface area contributed by atoms with Crippen LogP contribution in [-0.4, -0.2) is 34.6 Å². The summed E-state index contributed by atoms with van der Waals surface area (Å²) in [6.07, 6.45) is 3.62. The van der Waals surface area contributed by atoms with Crippen LogP contribution < -0.4 is 0 Å². The zero-order chi connectivity index (χ0) is 7.82. The van der Waals surface area contributed by atoms with Gasteiger partial charge in [0.05, 0.1) is 6.10 Å². The molecule has 0 aliphatic carbocycles. The van der Waals surface area contributed by atoms with Gasteiger partial charge < -0.3 is 15.3 Å². The third-order valence-electron chi connectivity index (χ3n) is 1.08. The molecule has 0 heterocycles. The minimum absolute atomic E-state index is 0.00929. The number of hydrogen-bond donors (Lipinski definition) is 3. The molecule has 10 heavy (non-hydrogen) atoms. The molecule has 0 radical (unpaired) electrons. The fraction of sp³-hybridized carbons (Fsp3) is 0.714. The summed E-state index contributed by atoms with van der Waals surface area (Å²) < 4.78 is 0. The van der Waals surface area contributed by atoms with Gasteiger partial charge in [-0.25, -0.2) is 0 Å². The third kappa shape index (κ3) is 5.75. The summed E-state index contributed by atoms with van der Waals surface area (Å²) in [6.45, 7) is 0.0903. The van der Waals surface area contributed by atoms with Gasteiger partial charge in [0.1, 0.15) is 0 Å². The second-order valence-electron chi connectivity index (χ2n) is 2.02. The van der Waals surface area contributed by atoms with E-state index in [1.165, 1.54) is 0 Å². The fourth-order valence-electron chi connectivity index (χ4n) is 0.556. The Morgan fingerprint density at radius 3 is 2.40 bits per heavy atom. The molecule has 0 amide bonds. The molecule has 0 aliphatic heterocycles. The molecule has 0 saturated carbocycles. The Balaban J connectivity index is 3.26. The van der Waals surface area contributed by atoms with E-state index >= 15 is 0 Å². The highest BCUT2D eigenvalue weighted by molar-refractivity contribution is 4.87. The van der Waals surface area contributed by atoms with Crippen molar-refractivity contribution in [2.75, 3.05) is 13.2 Å². The van der Waals surface area contributed by atoms with Crippen molar-refractivity contribution >= 4 is 0 Å². The van der Waals surface area contributed by atoms with Gasteiger partial charge in [0.15, 0.2) is 0 Å². The van der Waals surface area contributed by atoms with Crippen molar-refractivity contribution < 1.29 is 15.3 Å². The molecular formula is C7H14O3. The average Bonchev–Trinajstić information content (AvgIpc) is 1.89. The van der Waals surface area contributed by atoms with Crippen LogP contribution in [0.2, 0.25) is 0 Å². The maximum absolute atomic E-state index is 8.95. The first-order valence-corrected chi connectivity index (χ1v) is 3.37. The van der Waals surface area contributed by atoms with Gasteiger partial charge in [0.2, 0.25) is 0 Å². The molecular weight excluding hydrogens is 132 g/mol. The molecule has 3 N–H and O–H groups in total. The molecule has 3 heteroatoms. The highest BCUT2D eigenvalue weighted by Crippen LogP contribution is 1.92. The molecule has 60 valence electrons. The van der Waals surface area contributed by atoms with E-state index in [0.717, 1.165) is 0 Å². The van der Waals surface area contributed by atoms with Crippen molar-refractivity contribution in [3.63, 3.8) is 0 Å². The lowest BCUT2D eigenvalue weighted by Crippen LogP contribution is -2.04. The second-order valence-corrected chi connectivity index (χ2v) is 2.02. The Bertz CT molecular complexity index is 90.9. The van der Waals surface area contributed by atoms with E-state index in [-0.39, 0.29) is 13.2 Å². The maximum Gasteiger partial charge on any atom is 0.0742 e. The minimum atomic E-state index is -0.573. The molecule has 0 spiro atoms. The molecule has 0 saturated heterocycles. The average molecular weight is 146 g/mol. The van der Waals surface area contributed by atoms with E-state index in [1.807, 2.05) is 0 Å². The lowest BCUT2D eigenvalue weighted by molar-refractivity contribution is 0.170. The SMILES string of the molecule is OCCC=CC(O)CCO. The zero-order valence-electron chi connectivity index (χ0n) is 5.90. The van der Waals surface area contributed by atoms with Crippen LogP contribution in [0.3, 0.4) is 0 Å². The van der Waals surface area contributed by atoms with Crippen molar-refractivity contribution in [3.05, 3.63) is 12.2 Å². The van der Waals surface area contributed by atoms with Crippen LogP contribution in [-0.2, 0) is 0 Å². The summed E-state index contributed by atoms with van der Waals surface area (Å²) in [6, 6.07) is 0. The molecule has 1 unspecified atom stereocenters. The Hall–Kier alpha value is -0.380. The summed E-state index contributed by atoms with van der Waals surface area (Å²) in [5.41, 5.74) is 0. The Labute approximate surface area is 60.6 Å². The summed E-state index contributed by atoms with van der Waals surface area (Å²) in [7, 11) is 0. The standard InChI is InChI=1S/C7H14O3/c8-5-2-1-3-7(10)4-6-9/h1,3,7-10H,2,4-6H2. The van der Waals surface area contributed by atoms with Crippen LogP contribution in [0.1, 0.15) is 12.8 Å². The predicted octanol–water partition coefficient (Wildman–Crippen LogP) is -0.332. The summed E-state index contributed by atoms with van der Waals surface area (Å²) in [5, 5.41) is 25.6. The van der Waals surface area contributed by atoms with E-state index < -0.39 is 6.10 Å². The fourth-order valence-corrected chi connectivity index (χ4v) is 0.556. The molecule has 0 bridgehead atoms. The molecule has 1 atom stereocenters. The van der Waals surface area contributed by atoms with Gasteiger partial charge >= 0.3 is 0 Å². The van der Waals surface area contributed by atoms with Crippen molar-refractivity contribution in [1.29, 1.82) is 0 Å². The summed E-state index contributed by atoms with van der Waals surface area (Å²) in [5.74, 6) is 0. The number of rotatable bonds is 5. The first-order chi connectivity index (χ1) is 4.81. The topological polar surface area (TPSA) is 60.7 Å². The normalized spacial score (nSPS) is 14.3. The Kier molecular flexibility index (Phi) is 6.48.